The van der Waals surface area contributed by atoms with Crippen LogP contribution >= 0.6 is 0 Å². The zero-order chi connectivity index (χ0) is 13.2. The lowest BCUT2D eigenvalue weighted by atomic mass is 9.84. The average Bonchev–Trinajstić information content (AvgIpc) is 2.82. The summed E-state index contributed by atoms with van der Waals surface area (Å²) in [6.07, 6.45) is 1.62. The van der Waals surface area contributed by atoms with E-state index in [9.17, 15) is 4.79 Å². The highest BCUT2D eigenvalue weighted by Crippen LogP contribution is 2.28. The molecule has 1 N–H and O–H groups in total. The number of aliphatic carboxylic acids is 1. The van der Waals surface area contributed by atoms with Crippen molar-refractivity contribution in [1.29, 1.82) is 0 Å². The summed E-state index contributed by atoms with van der Waals surface area (Å²) in [5.74, 6) is -0.282. The summed E-state index contributed by atoms with van der Waals surface area (Å²) in [6.45, 7) is 5.14. The van der Waals surface area contributed by atoms with Crippen LogP contribution in [0.5, 0.6) is 0 Å². The average molecular weight is 248 g/mol. The number of carboxylic acids is 1. The van der Waals surface area contributed by atoms with Crippen LogP contribution in [-0.4, -0.2) is 24.3 Å². The molecule has 0 saturated carbocycles. The smallest absolute Gasteiger partial charge is 0.309 e. The van der Waals surface area contributed by atoms with Crippen LogP contribution in [0, 0.1) is 5.41 Å². The van der Waals surface area contributed by atoms with Gasteiger partial charge in [0.1, 0.15) is 0 Å². The molecule has 2 rings (SSSR count). The van der Waals surface area contributed by atoms with Gasteiger partial charge >= 0.3 is 5.97 Å². The number of carboxylic acid groups (broad SMARTS) is 1. The third-order valence-corrected chi connectivity index (χ3v) is 3.58. The van der Waals surface area contributed by atoms with Crippen molar-refractivity contribution in [3.8, 4) is 0 Å². The van der Waals surface area contributed by atoms with E-state index in [0.29, 0.717) is 12.3 Å². The van der Waals surface area contributed by atoms with Gasteiger partial charge in [-0.1, -0.05) is 24.3 Å². The molecule has 3 heteroatoms. The second kappa shape index (κ2) is 5.11. The molecule has 0 bridgehead atoms. The van der Waals surface area contributed by atoms with E-state index in [1.54, 1.807) is 13.8 Å². The molecule has 98 valence electrons. The van der Waals surface area contributed by atoms with Crippen LogP contribution in [0.1, 0.15) is 37.3 Å². The molecule has 0 aliphatic carbocycles. The number of rotatable bonds is 4. The van der Waals surface area contributed by atoms with Crippen molar-refractivity contribution in [3.05, 3.63) is 35.4 Å². The first-order valence-corrected chi connectivity index (χ1v) is 6.39. The highest BCUT2D eigenvalue weighted by atomic mass is 16.5. The van der Waals surface area contributed by atoms with E-state index >= 15 is 0 Å². The number of carbonyl (C=O) groups is 1. The van der Waals surface area contributed by atoms with Gasteiger partial charge in [-0.2, -0.15) is 0 Å². The van der Waals surface area contributed by atoms with Gasteiger partial charge in [0, 0.05) is 12.5 Å². The van der Waals surface area contributed by atoms with Crippen molar-refractivity contribution in [2.75, 3.05) is 13.2 Å². The van der Waals surface area contributed by atoms with E-state index in [-0.39, 0.29) is 0 Å². The first-order chi connectivity index (χ1) is 8.49. The van der Waals surface area contributed by atoms with Crippen LogP contribution in [0.3, 0.4) is 0 Å². The van der Waals surface area contributed by atoms with Crippen molar-refractivity contribution in [2.24, 2.45) is 5.41 Å². The zero-order valence-corrected chi connectivity index (χ0v) is 11.0. The van der Waals surface area contributed by atoms with Gasteiger partial charge in [0.2, 0.25) is 0 Å². The molecule has 1 aromatic carbocycles. The van der Waals surface area contributed by atoms with Crippen LogP contribution in [-0.2, 0) is 16.0 Å². The zero-order valence-electron chi connectivity index (χ0n) is 11.0. The monoisotopic (exact) mass is 248 g/mol. The Kier molecular flexibility index (Phi) is 3.71. The van der Waals surface area contributed by atoms with Gasteiger partial charge in [-0.05, 0) is 37.8 Å². The van der Waals surface area contributed by atoms with E-state index in [2.05, 4.69) is 12.1 Å². The molecule has 1 aliphatic heterocycles. The summed E-state index contributed by atoms with van der Waals surface area (Å²) in [5, 5.41) is 9.16. The van der Waals surface area contributed by atoms with Gasteiger partial charge < -0.3 is 9.84 Å². The number of ether oxygens (including phenoxy) is 1. The lowest BCUT2D eigenvalue weighted by molar-refractivity contribution is -0.146. The summed E-state index contributed by atoms with van der Waals surface area (Å²) in [4.78, 5) is 11.1. The van der Waals surface area contributed by atoms with Gasteiger partial charge in [-0.15, -0.1) is 0 Å². The van der Waals surface area contributed by atoms with Crippen molar-refractivity contribution in [2.45, 2.75) is 32.6 Å². The molecule has 0 aromatic heterocycles. The Morgan fingerprint density at radius 2 is 2.28 bits per heavy atom. The Hall–Kier alpha value is -1.35. The van der Waals surface area contributed by atoms with Crippen LogP contribution in [0.25, 0.3) is 0 Å². The number of hydrogen-bond acceptors (Lipinski definition) is 2. The quantitative estimate of drug-likeness (QED) is 0.891. The van der Waals surface area contributed by atoms with Gasteiger partial charge in [-0.25, -0.2) is 0 Å². The molecule has 0 radical (unpaired) electrons. The normalized spacial score (nSPS) is 20.0. The second-order valence-corrected chi connectivity index (χ2v) is 5.67. The van der Waals surface area contributed by atoms with Crippen LogP contribution in [0.15, 0.2) is 24.3 Å². The van der Waals surface area contributed by atoms with Gasteiger partial charge in [-0.3, -0.25) is 4.79 Å². The summed E-state index contributed by atoms with van der Waals surface area (Å²) in [7, 11) is 0. The number of benzene rings is 1. The maximum atomic E-state index is 11.1. The lowest BCUT2D eigenvalue weighted by Crippen LogP contribution is -2.26. The van der Waals surface area contributed by atoms with E-state index < -0.39 is 11.4 Å². The van der Waals surface area contributed by atoms with Crippen LogP contribution < -0.4 is 0 Å². The molecule has 1 atom stereocenters. The fourth-order valence-corrected chi connectivity index (χ4v) is 2.34. The fraction of sp³-hybridized carbons (Fsp3) is 0.533. The molecule has 18 heavy (non-hydrogen) atoms. The third-order valence-electron chi connectivity index (χ3n) is 3.58. The minimum absolute atomic E-state index is 0.470. The van der Waals surface area contributed by atoms with E-state index in [4.69, 9.17) is 9.84 Å². The third kappa shape index (κ3) is 2.91. The molecule has 1 fully saturated rings. The number of hydrogen-bond donors (Lipinski definition) is 1. The van der Waals surface area contributed by atoms with Gasteiger partial charge in [0.05, 0.1) is 12.0 Å². The molecular weight excluding hydrogens is 228 g/mol. The maximum Gasteiger partial charge on any atom is 0.309 e. The summed E-state index contributed by atoms with van der Waals surface area (Å²) in [6, 6.07) is 8.26. The lowest BCUT2D eigenvalue weighted by Gasteiger charge is -2.20. The Morgan fingerprint density at radius 3 is 2.89 bits per heavy atom. The van der Waals surface area contributed by atoms with Crippen molar-refractivity contribution < 1.29 is 14.6 Å². The predicted octanol–water partition coefficient (Wildman–Crippen LogP) is 2.84. The van der Waals surface area contributed by atoms with Gasteiger partial charge in [0.15, 0.2) is 0 Å². The molecule has 0 spiro atoms. The molecule has 1 unspecified atom stereocenters. The predicted molar refractivity (Wildman–Crippen MR) is 69.7 cm³/mol. The Balaban J connectivity index is 2.14. The largest absolute Gasteiger partial charge is 0.481 e. The maximum absolute atomic E-state index is 11.1. The second-order valence-electron chi connectivity index (χ2n) is 5.67. The molecule has 1 saturated heterocycles. The first-order valence-electron chi connectivity index (χ1n) is 6.39. The Morgan fingerprint density at radius 1 is 1.50 bits per heavy atom. The van der Waals surface area contributed by atoms with Crippen LogP contribution in [0.4, 0.5) is 0 Å². The molecule has 1 heterocycles. The fourth-order valence-electron chi connectivity index (χ4n) is 2.34. The summed E-state index contributed by atoms with van der Waals surface area (Å²) >= 11 is 0. The van der Waals surface area contributed by atoms with E-state index in [0.717, 1.165) is 25.2 Å². The Bertz CT molecular complexity index is 431. The molecule has 0 amide bonds. The molecule has 3 nitrogen and oxygen atoms in total. The molecular formula is C15H20O3. The van der Waals surface area contributed by atoms with Gasteiger partial charge in [0.25, 0.3) is 0 Å². The molecule has 1 aliphatic rings. The first kappa shape index (κ1) is 13.1. The standard InChI is InChI=1S/C15H20O3/c1-15(2,14(16)17)9-11-4-3-5-12(8-11)13-6-7-18-10-13/h3-5,8,13H,6-7,9-10H2,1-2H3,(H,16,17). The highest BCUT2D eigenvalue weighted by molar-refractivity contribution is 5.74. The SMILES string of the molecule is CC(C)(Cc1cccc(C2CCOC2)c1)C(=O)O. The van der Waals surface area contributed by atoms with Crippen molar-refractivity contribution in [1.82, 2.24) is 0 Å². The summed E-state index contributed by atoms with van der Waals surface area (Å²) in [5.41, 5.74) is 1.64. The van der Waals surface area contributed by atoms with E-state index in [1.165, 1.54) is 5.56 Å². The topological polar surface area (TPSA) is 46.5 Å². The summed E-state index contributed by atoms with van der Waals surface area (Å²) < 4.78 is 5.40. The highest BCUT2D eigenvalue weighted by Gasteiger charge is 2.27. The Labute approximate surface area is 108 Å². The minimum Gasteiger partial charge on any atom is -0.481 e. The molecule has 1 aromatic rings. The van der Waals surface area contributed by atoms with Crippen LogP contribution in [0.2, 0.25) is 0 Å². The van der Waals surface area contributed by atoms with E-state index in [1.807, 2.05) is 12.1 Å². The van der Waals surface area contributed by atoms with Crippen molar-refractivity contribution >= 4 is 5.97 Å². The van der Waals surface area contributed by atoms with Crippen molar-refractivity contribution in [3.63, 3.8) is 0 Å². The minimum atomic E-state index is -0.753.